The molecule has 1 saturated carbocycles. The summed E-state index contributed by atoms with van der Waals surface area (Å²) in [6, 6.07) is 2.42. The predicted molar refractivity (Wildman–Crippen MR) is 90.9 cm³/mol. The summed E-state index contributed by atoms with van der Waals surface area (Å²) in [5.41, 5.74) is 5.43. The minimum Gasteiger partial charge on any atom is -0.490 e. The molecule has 0 unspecified atom stereocenters. The number of amides is 2. The number of nitrogens with zero attached hydrogens (tertiary/aromatic N) is 1. The highest BCUT2D eigenvalue weighted by atomic mass is 35.5. The van der Waals surface area contributed by atoms with Gasteiger partial charge in [0.05, 0.1) is 6.61 Å². The molecule has 1 aliphatic rings. The number of halogens is 1. The highest BCUT2D eigenvalue weighted by molar-refractivity contribution is 7.98. The molecule has 2 rings (SSSR count). The zero-order chi connectivity index (χ0) is 16.8. The van der Waals surface area contributed by atoms with Gasteiger partial charge in [-0.3, -0.25) is 9.59 Å². The Hall–Kier alpha value is -1.47. The SMILES string of the molecule is CSCC[C@H](NC(=O)c1ccc(OCC2CC2)c(Cl)n1)C(N)=O. The van der Waals surface area contributed by atoms with Crippen LogP contribution in [0.5, 0.6) is 5.75 Å². The fourth-order valence-electron chi connectivity index (χ4n) is 1.90. The molecule has 23 heavy (non-hydrogen) atoms. The molecule has 2 amide bonds. The van der Waals surface area contributed by atoms with E-state index in [9.17, 15) is 9.59 Å². The predicted octanol–water partition coefficient (Wildman–Crippen LogP) is 1.86. The maximum atomic E-state index is 12.2. The Labute approximate surface area is 144 Å². The fourth-order valence-corrected chi connectivity index (χ4v) is 2.58. The fraction of sp³-hybridized carbons (Fsp3) is 0.533. The van der Waals surface area contributed by atoms with Gasteiger partial charge in [0.25, 0.3) is 5.91 Å². The molecule has 0 radical (unpaired) electrons. The van der Waals surface area contributed by atoms with Gasteiger partial charge < -0.3 is 15.8 Å². The third-order valence-corrected chi connectivity index (χ3v) is 4.39. The summed E-state index contributed by atoms with van der Waals surface area (Å²) in [6.45, 7) is 0.616. The first-order valence-electron chi connectivity index (χ1n) is 7.39. The zero-order valence-electron chi connectivity index (χ0n) is 12.9. The van der Waals surface area contributed by atoms with Crippen molar-refractivity contribution in [3.63, 3.8) is 0 Å². The molecule has 1 aromatic heterocycles. The number of aromatic nitrogens is 1. The van der Waals surface area contributed by atoms with Crippen LogP contribution in [0.15, 0.2) is 12.1 Å². The Bertz CT molecular complexity index is 581. The van der Waals surface area contributed by atoms with Crippen LogP contribution < -0.4 is 15.8 Å². The molecule has 1 aliphatic carbocycles. The van der Waals surface area contributed by atoms with E-state index in [0.717, 1.165) is 5.75 Å². The summed E-state index contributed by atoms with van der Waals surface area (Å²) in [5, 5.41) is 2.72. The van der Waals surface area contributed by atoms with Gasteiger partial charge in [-0.05, 0) is 49.3 Å². The number of pyridine rings is 1. The lowest BCUT2D eigenvalue weighted by Crippen LogP contribution is -2.45. The molecule has 1 fully saturated rings. The van der Waals surface area contributed by atoms with Crippen LogP contribution in [0.3, 0.4) is 0 Å². The van der Waals surface area contributed by atoms with E-state index in [4.69, 9.17) is 22.1 Å². The van der Waals surface area contributed by atoms with E-state index < -0.39 is 17.9 Å². The summed E-state index contributed by atoms with van der Waals surface area (Å²) in [7, 11) is 0. The highest BCUT2D eigenvalue weighted by Crippen LogP contribution is 2.31. The van der Waals surface area contributed by atoms with E-state index in [-0.39, 0.29) is 10.8 Å². The van der Waals surface area contributed by atoms with Crippen LogP contribution in [-0.4, -0.2) is 41.5 Å². The molecule has 1 aromatic rings. The number of carbonyl (C=O) groups is 2. The molecule has 8 heteroatoms. The Kier molecular flexibility index (Phi) is 6.53. The Morgan fingerprint density at radius 2 is 2.26 bits per heavy atom. The number of hydrogen-bond acceptors (Lipinski definition) is 5. The first-order valence-corrected chi connectivity index (χ1v) is 9.17. The van der Waals surface area contributed by atoms with Crippen molar-refractivity contribution < 1.29 is 14.3 Å². The molecular weight excluding hydrogens is 338 g/mol. The molecule has 126 valence electrons. The van der Waals surface area contributed by atoms with Crippen LogP contribution in [0, 0.1) is 5.92 Å². The second kappa shape index (κ2) is 8.40. The van der Waals surface area contributed by atoms with Crippen LogP contribution in [0.1, 0.15) is 29.8 Å². The first-order chi connectivity index (χ1) is 11.0. The average molecular weight is 358 g/mol. The van der Waals surface area contributed by atoms with Crippen molar-refractivity contribution >= 4 is 35.2 Å². The van der Waals surface area contributed by atoms with Crippen molar-refractivity contribution in [3.05, 3.63) is 23.0 Å². The first kappa shape index (κ1) is 17.9. The molecule has 0 aliphatic heterocycles. The van der Waals surface area contributed by atoms with Crippen LogP contribution in [0.4, 0.5) is 0 Å². The molecular formula is C15H20ClN3O3S. The van der Waals surface area contributed by atoms with E-state index in [1.165, 1.54) is 18.9 Å². The van der Waals surface area contributed by atoms with Gasteiger partial charge in [-0.2, -0.15) is 11.8 Å². The number of rotatable bonds is 9. The molecule has 3 N–H and O–H groups in total. The third kappa shape index (κ3) is 5.58. The van der Waals surface area contributed by atoms with Gasteiger partial charge in [0, 0.05) is 0 Å². The second-order valence-corrected chi connectivity index (χ2v) is 6.79. The molecule has 6 nitrogen and oxygen atoms in total. The van der Waals surface area contributed by atoms with Crippen molar-refractivity contribution in [2.45, 2.75) is 25.3 Å². The van der Waals surface area contributed by atoms with Crippen molar-refractivity contribution in [2.24, 2.45) is 11.7 Å². The summed E-state index contributed by atoms with van der Waals surface area (Å²) >= 11 is 7.62. The van der Waals surface area contributed by atoms with Gasteiger partial charge >= 0.3 is 0 Å². The van der Waals surface area contributed by atoms with E-state index in [2.05, 4.69) is 10.3 Å². The summed E-state index contributed by atoms with van der Waals surface area (Å²) in [4.78, 5) is 27.6. The number of hydrogen-bond donors (Lipinski definition) is 2. The standard InChI is InChI=1S/C15H20ClN3O3S/c1-23-7-6-10(14(17)20)19-15(21)11-4-5-12(13(16)18-11)22-8-9-2-3-9/h4-5,9-10H,2-3,6-8H2,1H3,(H2,17,20)(H,19,21)/t10-/m0/s1. The number of thioether (sulfide) groups is 1. The van der Waals surface area contributed by atoms with E-state index >= 15 is 0 Å². The Morgan fingerprint density at radius 1 is 1.52 bits per heavy atom. The van der Waals surface area contributed by atoms with Crippen molar-refractivity contribution in [1.29, 1.82) is 0 Å². The van der Waals surface area contributed by atoms with Crippen molar-refractivity contribution in [2.75, 3.05) is 18.6 Å². The summed E-state index contributed by atoms with van der Waals surface area (Å²) in [5.74, 6) is 0.731. The topological polar surface area (TPSA) is 94.3 Å². The van der Waals surface area contributed by atoms with Gasteiger partial charge in [0.1, 0.15) is 11.7 Å². The molecule has 0 spiro atoms. The molecule has 1 atom stereocenters. The maximum absolute atomic E-state index is 12.2. The van der Waals surface area contributed by atoms with Gasteiger partial charge in [-0.15, -0.1) is 0 Å². The lowest BCUT2D eigenvalue weighted by molar-refractivity contribution is -0.119. The minimum absolute atomic E-state index is 0.129. The maximum Gasteiger partial charge on any atom is 0.270 e. The number of primary amides is 1. The number of ether oxygens (including phenoxy) is 1. The minimum atomic E-state index is -0.721. The quantitative estimate of drug-likeness (QED) is 0.658. The largest absolute Gasteiger partial charge is 0.490 e. The normalized spacial score (nSPS) is 15.0. The summed E-state index contributed by atoms with van der Waals surface area (Å²) < 4.78 is 5.56. The monoisotopic (exact) mass is 357 g/mol. The van der Waals surface area contributed by atoms with Gasteiger partial charge in [0.15, 0.2) is 10.9 Å². The van der Waals surface area contributed by atoms with Crippen molar-refractivity contribution in [3.8, 4) is 5.75 Å². The average Bonchev–Trinajstić information content (AvgIpc) is 3.33. The van der Waals surface area contributed by atoms with Gasteiger partial charge in [-0.1, -0.05) is 11.6 Å². The van der Waals surface area contributed by atoms with E-state index in [0.29, 0.717) is 24.7 Å². The Balaban J connectivity index is 1.97. The van der Waals surface area contributed by atoms with Gasteiger partial charge in [-0.25, -0.2) is 4.98 Å². The van der Waals surface area contributed by atoms with Gasteiger partial charge in [0.2, 0.25) is 5.91 Å². The smallest absolute Gasteiger partial charge is 0.270 e. The molecule has 0 saturated heterocycles. The van der Waals surface area contributed by atoms with Crippen molar-refractivity contribution in [1.82, 2.24) is 10.3 Å². The van der Waals surface area contributed by atoms with Crippen LogP contribution >= 0.6 is 23.4 Å². The molecule has 0 aromatic carbocycles. The summed E-state index contributed by atoms with van der Waals surface area (Å²) in [6.07, 6.45) is 4.74. The van der Waals surface area contributed by atoms with Crippen LogP contribution in [0.25, 0.3) is 0 Å². The number of carbonyl (C=O) groups excluding carboxylic acids is 2. The van der Waals surface area contributed by atoms with Crippen LogP contribution in [-0.2, 0) is 4.79 Å². The zero-order valence-corrected chi connectivity index (χ0v) is 14.5. The van der Waals surface area contributed by atoms with E-state index in [1.54, 1.807) is 17.8 Å². The van der Waals surface area contributed by atoms with E-state index in [1.807, 2.05) is 6.26 Å². The lowest BCUT2D eigenvalue weighted by atomic mass is 10.2. The number of nitrogens with one attached hydrogen (secondary N) is 1. The second-order valence-electron chi connectivity index (χ2n) is 5.45. The highest BCUT2D eigenvalue weighted by Gasteiger charge is 2.23. The number of nitrogens with two attached hydrogens (primary N) is 1. The molecule has 1 heterocycles. The third-order valence-electron chi connectivity index (χ3n) is 3.48. The lowest BCUT2D eigenvalue weighted by Gasteiger charge is -2.15. The van der Waals surface area contributed by atoms with Crippen LogP contribution in [0.2, 0.25) is 5.15 Å². The molecule has 0 bridgehead atoms. The Morgan fingerprint density at radius 3 is 2.83 bits per heavy atom.